The van der Waals surface area contributed by atoms with E-state index >= 15 is 0 Å². The first-order valence-corrected chi connectivity index (χ1v) is 6.98. The lowest BCUT2D eigenvalue weighted by Crippen LogP contribution is -2.40. The number of hydrogen-bond donors (Lipinski definition) is 1. The summed E-state index contributed by atoms with van der Waals surface area (Å²) in [4.78, 5) is 20.8. The minimum atomic E-state index is -2.83. The van der Waals surface area contributed by atoms with Gasteiger partial charge in [-0.1, -0.05) is 13.8 Å². The molecule has 0 bridgehead atoms. The predicted octanol–water partition coefficient (Wildman–Crippen LogP) is 2.24. The fraction of sp³-hybridized carbons (Fsp3) is 0.500. The number of fused-ring (bicyclic) bond motifs is 3. The molecule has 1 aromatic rings. The molecule has 2 N–H and O–H groups in total. The van der Waals surface area contributed by atoms with Gasteiger partial charge in [-0.05, 0) is 6.07 Å². The zero-order chi connectivity index (χ0) is 16.5. The Kier molecular flexibility index (Phi) is 4.30. The molecule has 8 heteroatoms. The molecule has 0 spiro atoms. The van der Waals surface area contributed by atoms with Crippen LogP contribution in [0.3, 0.4) is 0 Å². The molecule has 6 nitrogen and oxygen atoms in total. The number of rotatable bonds is 1. The topological polar surface area (TPSA) is 80.8 Å². The van der Waals surface area contributed by atoms with Crippen molar-refractivity contribution in [3.8, 4) is 0 Å². The molecule has 2 aliphatic rings. The van der Waals surface area contributed by atoms with Gasteiger partial charge in [0.05, 0.1) is 31.6 Å². The molecule has 3 rings (SSSR count). The van der Waals surface area contributed by atoms with E-state index in [4.69, 9.17) is 5.73 Å². The Morgan fingerprint density at radius 1 is 1.50 bits per heavy atom. The van der Waals surface area contributed by atoms with Gasteiger partial charge < -0.3 is 15.4 Å². The van der Waals surface area contributed by atoms with E-state index in [1.54, 1.807) is 0 Å². The van der Waals surface area contributed by atoms with E-state index in [1.807, 2.05) is 13.8 Å². The molecule has 2 aliphatic heterocycles. The average molecular weight is 312 g/mol. The number of aromatic nitrogens is 1. The summed E-state index contributed by atoms with van der Waals surface area (Å²) in [6.45, 7) is 3.53. The number of nitrogens with zero attached hydrogens (tertiary/aromatic N) is 3. The maximum atomic E-state index is 13.6. The number of alkyl halides is 2. The highest BCUT2D eigenvalue weighted by molar-refractivity contribution is 5.89. The van der Waals surface area contributed by atoms with Crippen molar-refractivity contribution in [1.82, 2.24) is 9.88 Å². The Morgan fingerprint density at radius 3 is 2.82 bits per heavy atom. The summed E-state index contributed by atoms with van der Waals surface area (Å²) in [5.74, 6) is -3.40. The molecule has 0 aliphatic carbocycles. The summed E-state index contributed by atoms with van der Waals surface area (Å²) in [7, 11) is 1.23. The monoisotopic (exact) mass is 312 g/mol. The van der Waals surface area contributed by atoms with Crippen LogP contribution in [-0.4, -0.2) is 41.4 Å². The molecule has 0 amide bonds. The molecule has 0 aromatic carbocycles. The third-order valence-corrected chi connectivity index (χ3v) is 3.47. The third-order valence-electron chi connectivity index (χ3n) is 3.47. The number of methoxy groups -OCH3 is 1. The highest BCUT2D eigenvalue weighted by Gasteiger charge is 2.48. The van der Waals surface area contributed by atoms with Gasteiger partial charge in [-0.25, -0.2) is 23.6 Å². The Hall–Kier alpha value is -2.25. The van der Waals surface area contributed by atoms with Gasteiger partial charge in [0.15, 0.2) is 5.96 Å². The van der Waals surface area contributed by atoms with Crippen molar-refractivity contribution >= 4 is 17.6 Å². The van der Waals surface area contributed by atoms with Crippen LogP contribution < -0.4 is 5.73 Å². The molecule has 1 unspecified atom stereocenters. The molecule has 1 saturated heterocycles. The number of esters is 1. The number of hydrogen-bond acceptors (Lipinski definition) is 6. The quantitative estimate of drug-likeness (QED) is 0.804. The molecule has 120 valence electrons. The summed E-state index contributed by atoms with van der Waals surface area (Å²) in [6.07, 6.45) is 0.989. The zero-order valence-corrected chi connectivity index (χ0v) is 12.6. The molecular formula is C14H18F2N4O2. The molecule has 1 fully saturated rings. The first-order valence-electron chi connectivity index (χ1n) is 6.98. The molecule has 0 radical (unpaired) electrons. The second kappa shape index (κ2) is 5.86. The standard InChI is InChI=1S/C12H12F2N4O2.C2H6/c1-20-10(19)7-2-6-8(4-16-7)17-11(15)18-5-12(13,14)3-9(6)18;1-2/h2,4,9H,3,5H2,1H3,(H2,15,17);1-2H3. The van der Waals surface area contributed by atoms with Gasteiger partial charge in [0.2, 0.25) is 0 Å². The van der Waals surface area contributed by atoms with Gasteiger partial charge in [0.25, 0.3) is 5.92 Å². The predicted molar refractivity (Wildman–Crippen MR) is 77.2 cm³/mol. The van der Waals surface area contributed by atoms with Gasteiger partial charge in [-0.3, -0.25) is 0 Å². The lowest BCUT2D eigenvalue weighted by Gasteiger charge is -2.29. The minimum absolute atomic E-state index is 0.0484. The number of halogens is 2. The summed E-state index contributed by atoms with van der Waals surface area (Å²) in [5.41, 5.74) is 6.70. The van der Waals surface area contributed by atoms with E-state index in [0.29, 0.717) is 11.3 Å². The first kappa shape index (κ1) is 16.1. The normalized spacial score (nSPS) is 21.0. The Balaban J connectivity index is 0.000000847. The van der Waals surface area contributed by atoms with Crippen LogP contribution in [0.15, 0.2) is 17.3 Å². The zero-order valence-electron chi connectivity index (χ0n) is 12.6. The van der Waals surface area contributed by atoms with Gasteiger partial charge in [0, 0.05) is 12.0 Å². The van der Waals surface area contributed by atoms with Crippen molar-refractivity contribution in [3.05, 3.63) is 23.5 Å². The second-order valence-corrected chi connectivity index (χ2v) is 4.79. The fourth-order valence-corrected chi connectivity index (χ4v) is 2.56. The summed E-state index contributed by atoms with van der Waals surface area (Å²) in [6, 6.07) is 0.847. The van der Waals surface area contributed by atoms with Gasteiger partial charge in [-0.2, -0.15) is 0 Å². The maximum absolute atomic E-state index is 13.6. The molecule has 1 aromatic heterocycles. The second-order valence-electron chi connectivity index (χ2n) is 4.79. The van der Waals surface area contributed by atoms with Gasteiger partial charge >= 0.3 is 5.97 Å². The average Bonchev–Trinajstić information content (AvgIpc) is 2.85. The fourth-order valence-electron chi connectivity index (χ4n) is 2.56. The number of ether oxygens (including phenoxy) is 1. The van der Waals surface area contributed by atoms with Crippen LogP contribution in [0, 0.1) is 0 Å². The van der Waals surface area contributed by atoms with Crippen molar-refractivity contribution in [2.45, 2.75) is 32.2 Å². The summed E-state index contributed by atoms with van der Waals surface area (Å²) < 4.78 is 31.7. The number of aliphatic imine (C=N–C) groups is 1. The highest BCUT2D eigenvalue weighted by atomic mass is 19.3. The van der Waals surface area contributed by atoms with Gasteiger partial charge in [-0.15, -0.1) is 0 Å². The number of pyridine rings is 1. The van der Waals surface area contributed by atoms with E-state index in [2.05, 4.69) is 14.7 Å². The molecule has 0 saturated carbocycles. The van der Waals surface area contributed by atoms with Crippen LogP contribution in [0.25, 0.3) is 0 Å². The van der Waals surface area contributed by atoms with E-state index < -0.39 is 24.5 Å². The summed E-state index contributed by atoms with van der Waals surface area (Å²) in [5, 5.41) is 0. The minimum Gasteiger partial charge on any atom is -0.464 e. The van der Waals surface area contributed by atoms with Crippen LogP contribution in [-0.2, 0) is 4.74 Å². The largest absolute Gasteiger partial charge is 0.464 e. The lowest BCUT2D eigenvalue weighted by molar-refractivity contribution is 0.0164. The molecule has 3 heterocycles. The van der Waals surface area contributed by atoms with E-state index in [9.17, 15) is 13.6 Å². The van der Waals surface area contributed by atoms with Crippen molar-refractivity contribution < 1.29 is 18.3 Å². The number of carbonyl (C=O) groups is 1. The lowest BCUT2D eigenvalue weighted by atomic mass is 10.0. The van der Waals surface area contributed by atoms with E-state index in [0.717, 1.165) is 0 Å². The summed E-state index contributed by atoms with van der Waals surface area (Å²) >= 11 is 0. The van der Waals surface area contributed by atoms with E-state index in [-0.39, 0.29) is 18.1 Å². The van der Waals surface area contributed by atoms with Crippen molar-refractivity contribution in [1.29, 1.82) is 0 Å². The molecular weight excluding hydrogens is 294 g/mol. The Labute approximate surface area is 127 Å². The number of carbonyl (C=O) groups excluding carboxylic acids is 1. The van der Waals surface area contributed by atoms with Crippen molar-refractivity contribution in [3.63, 3.8) is 0 Å². The molecule has 22 heavy (non-hydrogen) atoms. The van der Waals surface area contributed by atoms with Crippen molar-refractivity contribution in [2.24, 2.45) is 10.7 Å². The van der Waals surface area contributed by atoms with Crippen LogP contribution in [0.4, 0.5) is 14.5 Å². The Bertz CT molecular complexity index is 619. The number of guanidine groups is 1. The van der Waals surface area contributed by atoms with Crippen LogP contribution >= 0.6 is 0 Å². The maximum Gasteiger partial charge on any atom is 0.356 e. The molecule has 1 atom stereocenters. The smallest absolute Gasteiger partial charge is 0.356 e. The first-order chi connectivity index (χ1) is 10.4. The third kappa shape index (κ3) is 2.72. The highest BCUT2D eigenvalue weighted by Crippen LogP contribution is 2.45. The van der Waals surface area contributed by atoms with Crippen molar-refractivity contribution in [2.75, 3.05) is 13.7 Å². The van der Waals surface area contributed by atoms with Crippen LogP contribution in [0.5, 0.6) is 0 Å². The SMILES string of the molecule is CC.COC(=O)c1cc2c(cn1)N=C(N)N1CC(F)(F)CC21. The van der Waals surface area contributed by atoms with Crippen LogP contribution in [0.2, 0.25) is 0 Å². The Morgan fingerprint density at radius 2 is 2.18 bits per heavy atom. The van der Waals surface area contributed by atoms with E-state index in [1.165, 1.54) is 24.3 Å². The number of nitrogens with two attached hydrogens (primary N) is 1. The van der Waals surface area contributed by atoms with Gasteiger partial charge in [0.1, 0.15) is 5.69 Å². The van der Waals surface area contributed by atoms with Crippen LogP contribution in [0.1, 0.15) is 42.4 Å².